The number of nitrogens with two attached hydrogens (primary N) is 1. The van der Waals surface area contributed by atoms with Gasteiger partial charge in [-0.15, -0.1) is 0 Å². The molecule has 3 N–H and O–H groups in total. The molecule has 1 heterocycles. The molecule has 2 rings (SSSR count). The molecule has 2 unspecified atom stereocenters. The van der Waals surface area contributed by atoms with Crippen molar-refractivity contribution in [3.05, 3.63) is 11.4 Å². The summed E-state index contributed by atoms with van der Waals surface area (Å²) in [5.74, 6) is 0. The molecule has 0 bridgehead atoms. The SMILES string of the molecule is Cc1nn(C)c(C)c1S(=O)(=O)NC1CC(N)C1(C)C. The van der Waals surface area contributed by atoms with Gasteiger partial charge in [0.1, 0.15) is 4.90 Å². The van der Waals surface area contributed by atoms with E-state index >= 15 is 0 Å². The number of hydrogen-bond donors (Lipinski definition) is 2. The fraction of sp³-hybridized carbons (Fsp3) is 0.750. The summed E-state index contributed by atoms with van der Waals surface area (Å²) in [6.45, 7) is 7.43. The highest BCUT2D eigenvalue weighted by Gasteiger charge is 2.48. The van der Waals surface area contributed by atoms with Crippen LogP contribution >= 0.6 is 0 Å². The standard InChI is InChI=1S/C12H22N4O2S/c1-7-11(8(2)16(5)14-7)19(17,18)15-10-6-9(13)12(10,3)4/h9-10,15H,6,13H2,1-5H3. The lowest BCUT2D eigenvalue weighted by molar-refractivity contribution is 0.0903. The van der Waals surface area contributed by atoms with E-state index in [9.17, 15) is 8.42 Å². The minimum atomic E-state index is -3.54. The predicted octanol–water partition coefficient (Wildman–Crippen LogP) is 0.441. The van der Waals surface area contributed by atoms with E-state index in [0.717, 1.165) is 0 Å². The van der Waals surface area contributed by atoms with Crippen molar-refractivity contribution in [1.29, 1.82) is 0 Å². The minimum Gasteiger partial charge on any atom is -0.327 e. The molecule has 1 aromatic rings. The van der Waals surface area contributed by atoms with Gasteiger partial charge in [-0.25, -0.2) is 13.1 Å². The average molecular weight is 286 g/mol. The quantitative estimate of drug-likeness (QED) is 0.843. The summed E-state index contributed by atoms with van der Waals surface area (Å²) in [5.41, 5.74) is 6.87. The molecule has 0 aliphatic heterocycles. The highest BCUT2D eigenvalue weighted by Crippen LogP contribution is 2.40. The van der Waals surface area contributed by atoms with Crippen molar-refractivity contribution in [3.8, 4) is 0 Å². The molecule has 19 heavy (non-hydrogen) atoms. The van der Waals surface area contributed by atoms with Gasteiger partial charge in [0.15, 0.2) is 0 Å². The summed E-state index contributed by atoms with van der Waals surface area (Å²) in [6, 6.07) is -0.0807. The molecule has 1 fully saturated rings. The molecular weight excluding hydrogens is 264 g/mol. The van der Waals surface area contributed by atoms with Gasteiger partial charge >= 0.3 is 0 Å². The second-order valence-corrected chi connectivity index (χ2v) is 7.61. The highest BCUT2D eigenvalue weighted by molar-refractivity contribution is 7.89. The van der Waals surface area contributed by atoms with Crippen molar-refractivity contribution in [2.24, 2.45) is 18.2 Å². The molecule has 1 aromatic heterocycles. The van der Waals surface area contributed by atoms with E-state index in [0.29, 0.717) is 17.8 Å². The Hall–Kier alpha value is -0.920. The van der Waals surface area contributed by atoms with E-state index in [-0.39, 0.29) is 22.4 Å². The van der Waals surface area contributed by atoms with Crippen LogP contribution in [0.15, 0.2) is 4.90 Å². The summed E-state index contributed by atoms with van der Waals surface area (Å²) < 4.78 is 29.3. The number of nitrogens with zero attached hydrogens (tertiary/aromatic N) is 2. The zero-order valence-corrected chi connectivity index (χ0v) is 12.9. The van der Waals surface area contributed by atoms with Crippen LogP contribution < -0.4 is 10.5 Å². The van der Waals surface area contributed by atoms with Gasteiger partial charge in [0.25, 0.3) is 0 Å². The number of aromatic nitrogens is 2. The van der Waals surface area contributed by atoms with Gasteiger partial charge in [-0.2, -0.15) is 5.10 Å². The minimum absolute atomic E-state index is 0.0382. The van der Waals surface area contributed by atoms with E-state index in [2.05, 4.69) is 9.82 Å². The Morgan fingerprint density at radius 2 is 2.00 bits per heavy atom. The average Bonchev–Trinajstić information content (AvgIpc) is 2.52. The van der Waals surface area contributed by atoms with Crippen molar-refractivity contribution in [2.45, 2.75) is 51.1 Å². The zero-order chi connectivity index (χ0) is 14.6. The Morgan fingerprint density at radius 3 is 2.37 bits per heavy atom. The molecule has 0 spiro atoms. The fourth-order valence-corrected chi connectivity index (χ4v) is 4.39. The third-order valence-electron chi connectivity index (χ3n) is 4.35. The first-order valence-corrected chi connectivity index (χ1v) is 7.84. The van der Waals surface area contributed by atoms with Gasteiger partial charge in [0.2, 0.25) is 10.0 Å². The Kier molecular flexibility index (Phi) is 3.27. The Morgan fingerprint density at radius 1 is 1.42 bits per heavy atom. The van der Waals surface area contributed by atoms with Crippen molar-refractivity contribution >= 4 is 10.0 Å². The van der Waals surface area contributed by atoms with Crippen molar-refractivity contribution in [2.75, 3.05) is 0 Å². The third kappa shape index (κ3) is 2.19. The first-order valence-electron chi connectivity index (χ1n) is 6.35. The maximum atomic E-state index is 12.5. The van der Waals surface area contributed by atoms with Crippen LogP contribution in [0.2, 0.25) is 0 Å². The van der Waals surface area contributed by atoms with Gasteiger partial charge in [-0.05, 0) is 25.7 Å². The topological polar surface area (TPSA) is 90.0 Å². The van der Waals surface area contributed by atoms with E-state index in [4.69, 9.17) is 5.73 Å². The molecule has 7 heteroatoms. The third-order valence-corrected chi connectivity index (χ3v) is 6.08. The molecule has 1 saturated carbocycles. The van der Waals surface area contributed by atoms with E-state index in [1.807, 2.05) is 13.8 Å². The van der Waals surface area contributed by atoms with Crippen LogP contribution in [0.4, 0.5) is 0 Å². The number of rotatable bonds is 3. The predicted molar refractivity (Wildman–Crippen MR) is 73.2 cm³/mol. The second kappa shape index (κ2) is 4.29. The fourth-order valence-electron chi connectivity index (χ4n) is 2.55. The first kappa shape index (κ1) is 14.5. The van der Waals surface area contributed by atoms with Gasteiger partial charge in [0.05, 0.1) is 11.4 Å². The molecule has 2 atom stereocenters. The second-order valence-electron chi connectivity index (χ2n) is 5.96. The summed E-state index contributed by atoms with van der Waals surface area (Å²) in [5, 5.41) is 4.15. The zero-order valence-electron chi connectivity index (χ0n) is 12.1. The molecule has 0 saturated heterocycles. The van der Waals surface area contributed by atoms with Crippen LogP contribution in [0.1, 0.15) is 31.7 Å². The Labute approximate surface area is 114 Å². The lowest BCUT2D eigenvalue weighted by Crippen LogP contribution is -2.64. The number of sulfonamides is 1. The summed E-state index contributed by atoms with van der Waals surface area (Å²) in [4.78, 5) is 0.284. The molecular formula is C12H22N4O2S. The molecule has 0 radical (unpaired) electrons. The van der Waals surface area contributed by atoms with Crippen LogP contribution in [0, 0.1) is 19.3 Å². The van der Waals surface area contributed by atoms with Crippen molar-refractivity contribution in [3.63, 3.8) is 0 Å². The summed E-state index contributed by atoms with van der Waals surface area (Å²) in [7, 11) is -1.80. The Balaban J connectivity index is 2.30. The van der Waals surface area contributed by atoms with Crippen LogP contribution in [-0.2, 0) is 17.1 Å². The van der Waals surface area contributed by atoms with Crippen LogP contribution in [-0.4, -0.2) is 30.3 Å². The number of hydrogen-bond acceptors (Lipinski definition) is 4. The molecule has 6 nitrogen and oxygen atoms in total. The van der Waals surface area contributed by atoms with E-state index in [1.165, 1.54) is 0 Å². The lowest BCUT2D eigenvalue weighted by atomic mass is 9.64. The van der Waals surface area contributed by atoms with Gasteiger partial charge in [-0.3, -0.25) is 4.68 Å². The van der Waals surface area contributed by atoms with Crippen LogP contribution in [0.3, 0.4) is 0 Å². The molecule has 0 aromatic carbocycles. The van der Waals surface area contributed by atoms with E-state index < -0.39 is 10.0 Å². The Bertz CT molecular complexity index is 603. The lowest BCUT2D eigenvalue weighted by Gasteiger charge is -2.50. The maximum Gasteiger partial charge on any atom is 0.244 e. The number of nitrogens with one attached hydrogen (secondary N) is 1. The smallest absolute Gasteiger partial charge is 0.244 e. The monoisotopic (exact) mass is 286 g/mol. The van der Waals surface area contributed by atoms with Gasteiger partial charge in [0, 0.05) is 19.1 Å². The van der Waals surface area contributed by atoms with Crippen LogP contribution in [0.25, 0.3) is 0 Å². The number of aryl methyl sites for hydroxylation is 2. The van der Waals surface area contributed by atoms with Crippen molar-refractivity contribution in [1.82, 2.24) is 14.5 Å². The van der Waals surface area contributed by atoms with E-state index in [1.54, 1.807) is 25.6 Å². The van der Waals surface area contributed by atoms with Gasteiger partial charge < -0.3 is 5.73 Å². The largest absolute Gasteiger partial charge is 0.327 e. The van der Waals surface area contributed by atoms with Crippen LogP contribution in [0.5, 0.6) is 0 Å². The normalized spacial score (nSPS) is 26.2. The first-order chi connectivity index (χ1) is 8.57. The molecule has 1 aliphatic rings. The van der Waals surface area contributed by atoms with Gasteiger partial charge in [-0.1, -0.05) is 13.8 Å². The molecule has 108 valence electrons. The van der Waals surface area contributed by atoms with Crippen molar-refractivity contribution < 1.29 is 8.42 Å². The molecule has 0 amide bonds. The maximum absolute atomic E-state index is 12.5. The highest BCUT2D eigenvalue weighted by atomic mass is 32.2. The summed E-state index contributed by atoms with van der Waals surface area (Å²) >= 11 is 0. The molecule has 1 aliphatic carbocycles. The summed E-state index contributed by atoms with van der Waals surface area (Å²) in [6.07, 6.45) is 0.671.